The Kier molecular flexibility index (Phi) is 10.1. The number of rotatable bonds is 11. The number of nitrogens with two attached hydrogens (primary N) is 1. The molecule has 11 heteroatoms. The van der Waals surface area contributed by atoms with Crippen LogP contribution >= 0.6 is 0 Å². The van der Waals surface area contributed by atoms with Crippen LogP contribution in [-0.4, -0.2) is 69.3 Å². The van der Waals surface area contributed by atoms with E-state index in [4.69, 9.17) is 10.8 Å². The molecule has 1 aromatic rings. The number of aliphatic carboxylic acids is 1. The van der Waals surface area contributed by atoms with E-state index in [2.05, 4.69) is 16.0 Å². The molecular formula is C21H32N4O7. The number of aliphatic hydroxyl groups excluding tert-OH is 1. The van der Waals surface area contributed by atoms with Crippen LogP contribution in [0.25, 0.3) is 0 Å². The number of carboxylic acids is 1. The number of benzene rings is 1. The molecule has 0 spiro atoms. The first-order valence-corrected chi connectivity index (χ1v) is 10.2. The zero-order valence-electron chi connectivity index (χ0n) is 18.5. The smallest absolute Gasteiger partial charge is 0.325 e. The van der Waals surface area contributed by atoms with Crippen LogP contribution in [0.2, 0.25) is 0 Å². The van der Waals surface area contributed by atoms with Gasteiger partial charge in [0.2, 0.25) is 17.7 Å². The Hall–Kier alpha value is -3.18. The topological polar surface area (TPSA) is 191 Å². The highest BCUT2D eigenvalue weighted by Gasteiger charge is 2.31. The molecule has 11 nitrogen and oxygen atoms in total. The fraction of sp³-hybridized carbons (Fsp3) is 0.524. The SMILES string of the molecule is CC(NC(=O)C(Cc1ccc(O)cc1)NC(=O)C(NC(=O)C(N)C(C)O)C(C)C)C(=O)O. The number of hydrogen-bond acceptors (Lipinski definition) is 7. The lowest BCUT2D eigenvalue weighted by Gasteiger charge is -2.27. The second kappa shape index (κ2) is 12.0. The summed E-state index contributed by atoms with van der Waals surface area (Å²) in [4.78, 5) is 49.0. The van der Waals surface area contributed by atoms with Gasteiger partial charge in [-0.3, -0.25) is 19.2 Å². The van der Waals surface area contributed by atoms with Crippen molar-refractivity contribution in [3.05, 3.63) is 29.8 Å². The maximum Gasteiger partial charge on any atom is 0.325 e. The van der Waals surface area contributed by atoms with Gasteiger partial charge in [0.1, 0.15) is 29.9 Å². The van der Waals surface area contributed by atoms with Crippen LogP contribution in [-0.2, 0) is 25.6 Å². The molecule has 0 saturated heterocycles. The van der Waals surface area contributed by atoms with Crippen LogP contribution in [0.1, 0.15) is 33.3 Å². The fourth-order valence-corrected chi connectivity index (χ4v) is 2.72. The molecule has 5 atom stereocenters. The van der Waals surface area contributed by atoms with Crippen molar-refractivity contribution >= 4 is 23.7 Å². The minimum atomic E-state index is -1.24. The molecule has 5 unspecified atom stereocenters. The maximum absolute atomic E-state index is 12.9. The number of phenolic OH excluding ortho intramolecular Hbond substituents is 1. The van der Waals surface area contributed by atoms with E-state index in [-0.39, 0.29) is 18.1 Å². The van der Waals surface area contributed by atoms with Gasteiger partial charge in [-0.05, 0) is 37.5 Å². The molecule has 0 radical (unpaired) electrons. The van der Waals surface area contributed by atoms with E-state index >= 15 is 0 Å². The Balaban J connectivity index is 3.06. The molecule has 0 aliphatic heterocycles. The zero-order chi connectivity index (χ0) is 24.6. The molecule has 178 valence electrons. The van der Waals surface area contributed by atoms with Crippen molar-refractivity contribution < 1.29 is 34.5 Å². The fourth-order valence-electron chi connectivity index (χ4n) is 2.72. The van der Waals surface area contributed by atoms with Crippen molar-refractivity contribution in [3.8, 4) is 5.75 Å². The number of carbonyl (C=O) groups is 4. The van der Waals surface area contributed by atoms with Gasteiger partial charge < -0.3 is 37.0 Å². The molecule has 0 aliphatic rings. The summed E-state index contributed by atoms with van der Waals surface area (Å²) >= 11 is 0. The molecule has 1 aromatic carbocycles. The van der Waals surface area contributed by atoms with E-state index in [1.165, 1.54) is 26.0 Å². The summed E-state index contributed by atoms with van der Waals surface area (Å²) in [6, 6.07) is 1.32. The first kappa shape index (κ1) is 26.9. The van der Waals surface area contributed by atoms with Crippen LogP contribution in [0.5, 0.6) is 5.75 Å². The van der Waals surface area contributed by atoms with Gasteiger partial charge in [-0.2, -0.15) is 0 Å². The van der Waals surface area contributed by atoms with Gasteiger partial charge >= 0.3 is 5.97 Å². The average molecular weight is 453 g/mol. The van der Waals surface area contributed by atoms with Gasteiger partial charge in [0.05, 0.1) is 6.10 Å². The number of nitrogens with one attached hydrogen (secondary N) is 3. The lowest BCUT2D eigenvalue weighted by molar-refractivity contribution is -0.141. The Labute approximate surface area is 186 Å². The molecule has 0 heterocycles. The van der Waals surface area contributed by atoms with E-state index in [0.29, 0.717) is 5.56 Å². The van der Waals surface area contributed by atoms with E-state index in [9.17, 15) is 29.4 Å². The Bertz CT molecular complexity index is 811. The quantitative estimate of drug-likeness (QED) is 0.219. The van der Waals surface area contributed by atoms with Crippen LogP contribution in [0.4, 0.5) is 0 Å². The van der Waals surface area contributed by atoms with Crippen LogP contribution in [0, 0.1) is 5.92 Å². The van der Waals surface area contributed by atoms with E-state index in [1.807, 2.05) is 0 Å². The lowest BCUT2D eigenvalue weighted by Crippen LogP contribution is -2.59. The lowest BCUT2D eigenvalue weighted by atomic mass is 10.00. The molecule has 0 aromatic heterocycles. The first-order valence-electron chi connectivity index (χ1n) is 10.2. The summed E-state index contributed by atoms with van der Waals surface area (Å²) in [5.41, 5.74) is 6.23. The van der Waals surface area contributed by atoms with Crippen LogP contribution < -0.4 is 21.7 Å². The number of hydrogen-bond donors (Lipinski definition) is 7. The van der Waals surface area contributed by atoms with Gasteiger partial charge in [0.15, 0.2) is 0 Å². The molecule has 1 rings (SSSR count). The van der Waals surface area contributed by atoms with E-state index in [0.717, 1.165) is 0 Å². The summed E-state index contributed by atoms with van der Waals surface area (Å²) in [6.07, 6.45) is -1.12. The number of carbonyl (C=O) groups excluding carboxylic acids is 3. The second-order valence-electron chi connectivity index (χ2n) is 8.00. The Morgan fingerprint density at radius 1 is 0.906 bits per heavy atom. The predicted octanol–water partition coefficient (Wildman–Crippen LogP) is -1.14. The van der Waals surface area contributed by atoms with Gasteiger partial charge in [-0.15, -0.1) is 0 Å². The van der Waals surface area contributed by atoms with Crippen molar-refractivity contribution in [2.75, 3.05) is 0 Å². The van der Waals surface area contributed by atoms with Gasteiger partial charge in [0, 0.05) is 6.42 Å². The Morgan fingerprint density at radius 3 is 1.94 bits per heavy atom. The molecule has 0 saturated carbocycles. The standard InChI is InChI=1S/C21H32N4O7/c1-10(2)17(25-19(29)16(22)12(4)26)20(30)24-15(18(28)23-11(3)21(31)32)9-13-5-7-14(27)8-6-13/h5-8,10-12,15-17,26-27H,9,22H2,1-4H3,(H,23,28)(H,24,30)(H,25,29)(H,31,32). The molecule has 0 bridgehead atoms. The second-order valence-corrected chi connectivity index (χ2v) is 8.00. The highest BCUT2D eigenvalue weighted by molar-refractivity contribution is 5.94. The third-order valence-corrected chi connectivity index (χ3v) is 4.81. The van der Waals surface area contributed by atoms with Crippen molar-refractivity contribution in [3.63, 3.8) is 0 Å². The minimum absolute atomic E-state index is 0.0101. The number of aromatic hydroxyl groups is 1. The van der Waals surface area contributed by atoms with Crippen molar-refractivity contribution in [1.29, 1.82) is 0 Å². The molecule has 0 aliphatic carbocycles. The van der Waals surface area contributed by atoms with Crippen molar-refractivity contribution in [2.45, 2.75) is 64.4 Å². The van der Waals surface area contributed by atoms with Gasteiger partial charge in [-0.25, -0.2) is 0 Å². The summed E-state index contributed by atoms with van der Waals surface area (Å²) in [7, 11) is 0. The van der Waals surface area contributed by atoms with Crippen molar-refractivity contribution in [2.24, 2.45) is 11.7 Å². The van der Waals surface area contributed by atoms with E-state index < -0.39 is 54.0 Å². The number of carboxylic acid groups (broad SMARTS) is 1. The van der Waals surface area contributed by atoms with Crippen LogP contribution in [0.15, 0.2) is 24.3 Å². The summed E-state index contributed by atoms with van der Waals surface area (Å²) in [5, 5.41) is 35.4. The van der Waals surface area contributed by atoms with Crippen LogP contribution in [0.3, 0.4) is 0 Å². The molecule has 3 amide bonds. The highest BCUT2D eigenvalue weighted by Crippen LogP contribution is 2.12. The zero-order valence-corrected chi connectivity index (χ0v) is 18.5. The summed E-state index contributed by atoms with van der Waals surface area (Å²) in [6.45, 7) is 5.99. The molecule has 8 N–H and O–H groups in total. The maximum atomic E-state index is 12.9. The predicted molar refractivity (Wildman–Crippen MR) is 115 cm³/mol. The van der Waals surface area contributed by atoms with Gasteiger partial charge in [0.25, 0.3) is 0 Å². The largest absolute Gasteiger partial charge is 0.508 e. The Morgan fingerprint density at radius 2 is 1.47 bits per heavy atom. The minimum Gasteiger partial charge on any atom is -0.508 e. The van der Waals surface area contributed by atoms with Crippen molar-refractivity contribution in [1.82, 2.24) is 16.0 Å². The summed E-state index contributed by atoms with van der Waals surface area (Å²) < 4.78 is 0. The number of aliphatic hydroxyl groups is 1. The first-order chi connectivity index (χ1) is 14.8. The number of amides is 3. The molecule has 32 heavy (non-hydrogen) atoms. The average Bonchev–Trinajstić information content (AvgIpc) is 2.71. The molecule has 0 fully saturated rings. The third kappa shape index (κ3) is 8.16. The van der Waals surface area contributed by atoms with Gasteiger partial charge in [-0.1, -0.05) is 26.0 Å². The normalized spacial score (nSPS) is 15.7. The molecular weight excluding hydrogens is 420 g/mol. The third-order valence-electron chi connectivity index (χ3n) is 4.81. The van der Waals surface area contributed by atoms with E-state index in [1.54, 1.807) is 26.0 Å². The highest BCUT2D eigenvalue weighted by atomic mass is 16.4. The summed E-state index contributed by atoms with van der Waals surface area (Å²) in [5.74, 6) is -3.73. The monoisotopic (exact) mass is 452 g/mol. The number of phenols is 1.